The lowest BCUT2D eigenvalue weighted by Crippen LogP contribution is -2.03. The molecule has 0 nitrogen and oxygen atoms in total. The van der Waals surface area contributed by atoms with Crippen molar-refractivity contribution in [1.82, 2.24) is 0 Å². The maximum absolute atomic E-state index is 13.8. The van der Waals surface area contributed by atoms with E-state index in [0.29, 0.717) is 6.07 Å². The highest BCUT2D eigenvalue weighted by Crippen LogP contribution is 2.36. The molecule has 0 aliphatic heterocycles. The molecule has 2 rings (SSSR count). The van der Waals surface area contributed by atoms with Crippen molar-refractivity contribution in [1.29, 1.82) is 0 Å². The highest BCUT2D eigenvalue weighted by molar-refractivity contribution is 9.09. The zero-order chi connectivity index (χ0) is 14.2. The normalized spacial score (nSPS) is 12.5. The average molecular weight is 329 g/mol. The van der Waals surface area contributed by atoms with Crippen LogP contribution in [0.25, 0.3) is 0 Å². The maximum atomic E-state index is 13.8. The second kappa shape index (κ2) is 5.37. The predicted molar refractivity (Wildman–Crippen MR) is 73.0 cm³/mol. The summed E-state index contributed by atoms with van der Waals surface area (Å²) in [6.45, 7) is 3.79. The number of benzene rings is 2. The molecular weight excluding hydrogens is 317 g/mol. The minimum absolute atomic E-state index is 0.0938. The first-order chi connectivity index (χ1) is 8.91. The Hall–Kier alpha value is -1.29. The van der Waals surface area contributed by atoms with Gasteiger partial charge in [0.05, 0.1) is 4.83 Å². The summed E-state index contributed by atoms with van der Waals surface area (Å²) in [5, 5.41) is 0. The SMILES string of the molecule is Cc1cccc(C)c1C(Br)c1cc(F)c(F)cc1F. The molecule has 0 N–H and O–H groups in total. The van der Waals surface area contributed by atoms with E-state index in [1.54, 1.807) is 0 Å². The lowest BCUT2D eigenvalue weighted by Gasteiger charge is -2.17. The fourth-order valence-electron chi connectivity index (χ4n) is 2.11. The van der Waals surface area contributed by atoms with Gasteiger partial charge in [-0.3, -0.25) is 0 Å². The van der Waals surface area contributed by atoms with Crippen molar-refractivity contribution in [3.63, 3.8) is 0 Å². The van der Waals surface area contributed by atoms with E-state index in [9.17, 15) is 13.2 Å². The van der Waals surface area contributed by atoms with Crippen LogP contribution in [0.15, 0.2) is 30.3 Å². The van der Waals surface area contributed by atoms with Crippen molar-refractivity contribution in [3.05, 3.63) is 70.0 Å². The van der Waals surface area contributed by atoms with Crippen LogP contribution in [-0.2, 0) is 0 Å². The Morgan fingerprint density at radius 3 is 2.00 bits per heavy atom. The number of halogens is 4. The summed E-state index contributed by atoms with van der Waals surface area (Å²) < 4.78 is 40.0. The molecule has 0 aliphatic rings. The lowest BCUT2D eigenvalue weighted by molar-refractivity contribution is 0.491. The van der Waals surface area contributed by atoms with Gasteiger partial charge in [-0.25, -0.2) is 13.2 Å². The highest BCUT2D eigenvalue weighted by Gasteiger charge is 2.20. The summed E-state index contributed by atoms with van der Waals surface area (Å²) in [7, 11) is 0. The third-order valence-electron chi connectivity index (χ3n) is 3.11. The van der Waals surface area contributed by atoms with Crippen molar-refractivity contribution in [2.75, 3.05) is 0 Å². The molecule has 19 heavy (non-hydrogen) atoms. The van der Waals surface area contributed by atoms with Gasteiger partial charge in [-0.05, 0) is 36.6 Å². The van der Waals surface area contributed by atoms with Gasteiger partial charge in [0.1, 0.15) is 5.82 Å². The molecule has 4 heteroatoms. The quantitative estimate of drug-likeness (QED) is 0.524. The summed E-state index contributed by atoms with van der Waals surface area (Å²) in [6, 6.07) is 7.17. The summed E-state index contributed by atoms with van der Waals surface area (Å²) in [4.78, 5) is -0.510. The number of hydrogen-bond acceptors (Lipinski definition) is 0. The van der Waals surface area contributed by atoms with Gasteiger partial charge in [0.25, 0.3) is 0 Å². The summed E-state index contributed by atoms with van der Waals surface area (Å²) >= 11 is 3.38. The summed E-state index contributed by atoms with van der Waals surface area (Å²) in [5.74, 6) is -2.99. The third kappa shape index (κ3) is 2.68. The van der Waals surface area contributed by atoms with E-state index in [-0.39, 0.29) is 5.56 Å². The third-order valence-corrected chi connectivity index (χ3v) is 4.06. The molecule has 0 radical (unpaired) electrons. The second-order valence-corrected chi connectivity index (χ2v) is 5.37. The largest absolute Gasteiger partial charge is 0.207 e. The van der Waals surface area contributed by atoms with E-state index < -0.39 is 22.3 Å². The Bertz CT molecular complexity index is 603. The van der Waals surface area contributed by atoms with Gasteiger partial charge in [-0.1, -0.05) is 34.1 Å². The smallest absolute Gasteiger partial charge is 0.161 e. The zero-order valence-corrected chi connectivity index (χ0v) is 12.1. The van der Waals surface area contributed by atoms with E-state index >= 15 is 0 Å². The Labute approximate surface area is 118 Å². The Balaban J connectivity index is 2.56. The van der Waals surface area contributed by atoms with E-state index in [2.05, 4.69) is 15.9 Å². The molecule has 0 amide bonds. The Morgan fingerprint density at radius 1 is 0.895 bits per heavy atom. The number of rotatable bonds is 2. The van der Waals surface area contributed by atoms with Crippen LogP contribution < -0.4 is 0 Å². The molecule has 100 valence electrons. The molecule has 2 aromatic rings. The molecule has 0 bridgehead atoms. The predicted octanol–water partition coefficient (Wildman–Crippen LogP) is 5.21. The van der Waals surface area contributed by atoms with Crippen LogP contribution in [0, 0.1) is 31.3 Å². The summed E-state index contributed by atoms with van der Waals surface area (Å²) in [6.07, 6.45) is 0. The number of aryl methyl sites for hydroxylation is 2. The first-order valence-corrected chi connectivity index (χ1v) is 6.68. The van der Waals surface area contributed by atoms with Crippen LogP contribution in [0.5, 0.6) is 0 Å². The Kier molecular flexibility index (Phi) is 3.99. The maximum Gasteiger partial charge on any atom is 0.161 e. The van der Waals surface area contributed by atoms with Crippen LogP contribution in [0.4, 0.5) is 13.2 Å². The number of alkyl halides is 1. The van der Waals surface area contributed by atoms with Gasteiger partial charge < -0.3 is 0 Å². The average Bonchev–Trinajstić information content (AvgIpc) is 2.33. The second-order valence-electron chi connectivity index (χ2n) is 4.46. The van der Waals surface area contributed by atoms with Crippen LogP contribution in [0.2, 0.25) is 0 Å². The first-order valence-electron chi connectivity index (χ1n) is 5.76. The fourth-order valence-corrected chi connectivity index (χ4v) is 3.19. The topological polar surface area (TPSA) is 0 Å². The molecule has 2 aromatic carbocycles. The van der Waals surface area contributed by atoms with Crippen molar-refractivity contribution in [2.24, 2.45) is 0 Å². The van der Waals surface area contributed by atoms with Gasteiger partial charge in [0.2, 0.25) is 0 Å². The van der Waals surface area contributed by atoms with Crippen molar-refractivity contribution in [3.8, 4) is 0 Å². The van der Waals surface area contributed by atoms with Crippen molar-refractivity contribution < 1.29 is 13.2 Å². The molecule has 0 heterocycles. The molecule has 0 aliphatic carbocycles. The Morgan fingerprint density at radius 2 is 1.42 bits per heavy atom. The van der Waals surface area contributed by atoms with Gasteiger partial charge >= 0.3 is 0 Å². The van der Waals surface area contributed by atoms with Gasteiger partial charge in [0.15, 0.2) is 11.6 Å². The molecule has 0 aromatic heterocycles. The lowest BCUT2D eigenvalue weighted by atomic mass is 9.95. The molecular formula is C15H12BrF3. The highest BCUT2D eigenvalue weighted by atomic mass is 79.9. The standard InChI is InChI=1S/C15H12BrF3/c1-8-4-3-5-9(2)14(8)15(16)10-6-12(18)13(19)7-11(10)17/h3-7,15H,1-2H3. The van der Waals surface area contributed by atoms with Crippen molar-refractivity contribution in [2.45, 2.75) is 18.7 Å². The van der Waals surface area contributed by atoms with Crippen LogP contribution in [-0.4, -0.2) is 0 Å². The number of hydrogen-bond donors (Lipinski definition) is 0. The van der Waals surface area contributed by atoms with E-state index in [1.807, 2.05) is 32.0 Å². The van der Waals surface area contributed by atoms with E-state index in [0.717, 1.165) is 22.8 Å². The van der Waals surface area contributed by atoms with Gasteiger partial charge in [-0.15, -0.1) is 0 Å². The monoisotopic (exact) mass is 328 g/mol. The van der Waals surface area contributed by atoms with E-state index in [4.69, 9.17) is 0 Å². The van der Waals surface area contributed by atoms with Crippen molar-refractivity contribution >= 4 is 15.9 Å². The zero-order valence-electron chi connectivity index (χ0n) is 10.5. The molecule has 0 saturated carbocycles. The minimum Gasteiger partial charge on any atom is -0.207 e. The molecule has 1 unspecified atom stereocenters. The minimum atomic E-state index is -1.18. The first kappa shape index (κ1) is 14.1. The molecule has 0 fully saturated rings. The van der Waals surface area contributed by atoms with Crippen LogP contribution >= 0.6 is 15.9 Å². The summed E-state index contributed by atoms with van der Waals surface area (Å²) in [5.41, 5.74) is 2.89. The molecule has 0 saturated heterocycles. The molecule has 0 spiro atoms. The van der Waals surface area contributed by atoms with Gasteiger partial charge in [0, 0.05) is 11.6 Å². The fraction of sp³-hybridized carbons (Fsp3) is 0.200. The van der Waals surface area contributed by atoms with Gasteiger partial charge in [-0.2, -0.15) is 0 Å². The molecule has 1 atom stereocenters. The van der Waals surface area contributed by atoms with E-state index in [1.165, 1.54) is 0 Å². The van der Waals surface area contributed by atoms with Crippen LogP contribution in [0.1, 0.15) is 27.1 Å². The van der Waals surface area contributed by atoms with Crippen LogP contribution in [0.3, 0.4) is 0 Å².